The first-order valence-electron chi connectivity index (χ1n) is 15.1. The summed E-state index contributed by atoms with van der Waals surface area (Å²) in [6.07, 6.45) is 5.77. The lowest BCUT2D eigenvalue weighted by molar-refractivity contribution is -0.139. The smallest absolute Gasteiger partial charge is 0.407 e. The molecule has 4 amide bonds. The Balaban J connectivity index is 1.23. The molecule has 9 nitrogen and oxygen atoms in total. The molecular formula is C34H42N4O5. The van der Waals surface area contributed by atoms with Crippen LogP contribution in [0.1, 0.15) is 56.7 Å². The molecule has 3 saturated heterocycles. The van der Waals surface area contributed by atoms with Crippen molar-refractivity contribution in [2.24, 2.45) is 0 Å². The van der Waals surface area contributed by atoms with E-state index in [0.29, 0.717) is 32.7 Å². The van der Waals surface area contributed by atoms with Gasteiger partial charge >= 0.3 is 12.1 Å². The molecule has 0 bridgehead atoms. The Hall–Kier alpha value is -4.11. The summed E-state index contributed by atoms with van der Waals surface area (Å²) in [4.78, 5) is 40.9. The predicted molar refractivity (Wildman–Crippen MR) is 166 cm³/mol. The average Bonchev–Trinajstić information content (AvgIpc) is 2.99. The summed E-state index contributed by atoms with van der Waals surface area (Å²) < 4.78 is 10.9. The van der Waals surface area contributed by atoms with Gasteiger partial charge < -0.3 is 29.9 Å². The average molecular weight is 587 g/mol. The van der Waals surface area contributed by atoms with Gasteiger partial charge in [0.2, 0.25) is 5.91 Å². The predicted octanol–water partition coefficient (Wildman–Crippen LogP) is 4.83. The Morgan fingerprint density at radius 1 is 1.00 bits per heavy atom. The van der Waals surface area contributed by atoms with E-state index < -0.39 is 11.7 Å². The number of hydrogen-bond acceptors (Lipinski definition) is 5. The number of hydrogen-bond donors (Lipinski definition) is 2. The van der Waals surface area contributed by atoms with Gasteiger partial charge in [-0.15, -0.1) is 0 Å². The minimum atomic E-state index is -0.525. The molecule has 0 aliphatic carbocycles. The number of piperidine rings is 2. The molecule has 0 radical (unpaired) electrons. The molecule has 2 atom stereocenters. The monoisotopic (exact) mass is 586 g/mol. The van der Waals surface area contributed by atoms with Crippen molar-refractivity contribution in [1.82, 2.24) is 20.4 Å². The zero-order valence-electron chi connectivity index (χ0n) is 25.3. The van der Waals surface area contributed by atoms with Crippen molar-refractivity contribution in [2.45, 2.75) is 57.8 Å². The number of amides is 4. The quantitative estimate of drug-likeness (QED) is 0.523. The second kappa shape index (κ2) is 13.5. The van der Waals surface area contributed by atoms with E-state index in [1.807, 2.05) is 48.8 Å². The Kier molecular flexibility index (Phi) is 9.50. The number of likely N-dealkylation sites (tertiary alicyclic amines) is 2. The van der Waals surface area contributed by atoms with Crippen molar-refractivity contribution >= 4 is 29.7 Å². The Morgan fingerprint density at radius 2 is 1.70 bits per heavy atom. The van der Waals surface area contributed by atoms with Crippen LogP contribution in [0.4, 0.5) is 9.59 Å². The summed E-state index contributed by atoms with van der Waals surface area (Å²) in [5.41, 5.74) is 5.38. The minimum absolute atomic E-state index is 0.0122. The Labute approximate surface area is 253 Å². The third-order valence-electron chi connectivity index (χ3n) is 7.92. The lowest BCUT2D eigenvalue weighted by atomic mass is 9.88. The van der Waals surface area contributed by atoms with Gasteiger partial charge in [-0.1, -0.05) is 72.3 Å². The number of fused-ring (bicyclic) bond motifs is 1. The normalized spacial score (nSPS) is 20.8. The van der Waals surface area contributed by atoms with Crippen LogP contribution in [0.15, 0.2) is 66.2 Å². The molecule has 3 heterocycles. The van der Waals surface area contributed by atoms with E-state index >= 15 is 0 Å². The van der Waals surface area contributed by atoms with E-state index in [1.165, 1.54) is 11.1 Å². The maximum atomic E-state index is 13.4. The highest BCUT2D eigenvalue weighted by Gasteiger charge is 2.37. The van der Waals surface area contributed by atoms with E-state index in [1.54, 1.807) is 0 Å². The number of benzene rings is 2. The SMILES string of the molecule is CC(C)(C)OC(=O)NC/C=C/c1ccc(C(=C2CCN(C(=O)N3CC[C@@H]4OCC(=O)N[C@@H]4C3)CC2)c2ccccc2)cc1. The van der Waals surface area contributed by atoms with Crippen molar-refractivity contribution in [2.75, 3.05) is 39.3 Å². The van der Waals surface area contributed by atoms with Crippen LogP contribution in [0.25, 0.3) is 11.6 Å². The van der Waals surface area contributed by atoms with Crippen LogP contribution < -0.4 is 10.6 Å². The largest absolute Gasteiger partial charge is 0.444 e. The lowest BCUT2D eigenvalue weighted by Gasteiger charge is -2.43. The van der Waals surface area contributed by atoms with E-state index in [4.69, 9.17) is 9.47 Å². The molecule has 43 heavy (non-hydrogen) atoms. The molecule has 0 spiro atoms. The topological polar surface area (TPSA) is 100 Å². The van der Waals surface area contributed by atoms with Gasteiger partial charge in [0, 0.05) is 32.7 Å². The Morgan fingerprint density at radius 3 is 2.40 bits per heavy atom. The summed E-state index contributed by atoms with van der Waals surface area (Å²) in [5, 5.41) is 5.73. The van der Waals surface area contributed by atoms with E-state index in [-0.39, 0.29) is 30.7 Å². The van der Waals surface area contributed by atoms with Crippen LogP contribution >= 0.6 is 0 Å². The molecule has 0 saturated carbocycles. The van der Waals surface area contributed by atoms with Crippen molar-refractivity contribution in [1.29, 1.82) is 0 Å². The van der Waals surface area contributed by atoms with Crippen molar-refractivity contribution in [3.8, 4) is 0 Å². The summed E-state index contributed by atoms with van der Waals surface area (Å²) in [6.45, 7) is 8.44. The van der Waals surface area contributed by atoms with Crippen molar-refractivity contribution in [3.63, 3.8) is 0 Å². The van der Waals surface area contributed by atoms with Gasteiger partial charge in [-0.25, -0.2) is 9.59 Å². The Bertz CT molecular complexity index is 1350. The second-order valence-corrected chi connectivity index (χ2v) is 12.3. The van der Waals surface area contributed by atoms with Gasteiger partial charge in [-0.3, -0.25) is 4.79 Å². The minimum Gasteiger partial charge on any atom is -0.444 e. The molecule has 228 valence electrons. The van der Waals surface area contributed by atoms with Crippen molar-refractivity contribution < 1.29 is 23.9 Å². The molecule has 2 aromatic rings. The molecule has 5 rings (SSSR count). The summed E-state index contributed by atoms with van der Waals surface area (Å²) in [5.74, 6) is -0.115. The second-order valence-electron chi connectivity index (χ2n) is 12.3. The third-order valence-corrected chi connectivity index (χ3v) is 7.92. The van der Waals surface area contributed by atoms with Crippen LogP contribution in [0.2, 0.25) is 0 Å². The molecule has 3 aliphatic heterocycles. The molecule has 9 heteroatoms. The van der Waals surface area contributed by atoms with Crippen LogP contribution in [-0.2, 0) is 14.3 Å². The number of rotatable bonds is 5. The van der Waals surface area contributed by atoms with Crippen LogP contribution in [-0.4, -0.2) is 84.9 Å². The van der Waals surface area contributed by atoms with Crippen LogP contribution in [0.5, 0.6) is 0 Å². The number of ether oxygens (including phenoxy) is 2. The number of carbonyl (C=O) groups is 3. The maximum Gasteiger partial charge on any atom is 0.407 e. The van der Waals surface area contributed by atoms with E-state index in [0.717, 1.165) is 36.0 Å². The molecular weight excluding hydrogens is 544 g/mol. The number of morpholine rings is 1. The molecule has 0 unspecified atom stereocenters. The molecule has 2 N–H and O–H groups in total. The van der Waals surface area contributed by atoms with E-state index in [2.05, 4.69) is 59.2 Å². The zero-order valence-corrected chi connectivity index (χ0v) is 25.3. The number of urea groups is 1. The van der Waals surface area contributed by atoms with Gasteiger partial charge in [0.05, 0.1) is 12.1 Å². The van der Waals surface area contributed by atoms with Crippen LogP contribution in [0, 0.1) is 0 Å². The number of alkyl carbamates (subject to hydrolysis) is 1. The highest BCUT2D eigenvalue weighted by atomic mass is 16.6. The highest BCUT2D eigenvalue weighted by Crippen LogP contribution is 2.33. The van der Waals surface area contributed by atoms with Gasteiger partial charge in [0.25, 0.3) is 0 Å². The lowest BCUT2D eigenvalue weighted by Crippen LogP contribution is -2.62. The third kappa shape index (κ3) is 8.04. The van der Waals surface area contributed by atoms with E-state index in [9.17, 15) is 14.4 Å². The van der Waals surface area contributed by atoms with Crippen LogP contribution in [0.3, 0.4) is 0 Å². The first-order chi connectivity index (χ1) is 20.7. The van der Waals surface area contributed by atoms with Crippen molar-refractivity contribution in [3.05, 3.63) is 82.9 Å². The molecule has 2 aromatic carbocycles. The molecule has 0 aromatic heterocycles. The number of carbonyl (C=O) groups excluding carboxylic acids is 3. The first kappa shape index (κ1) is 30.4. The highest BCUT2D eigenvalue weighted by molar-refractivity contribution is 5.83. The standard InChI is InChI=1S/C34H42N4O5/c1-34(2,3)43-32(40)35-18-7-8-24-11-13-26(14-12-24)31(25-9-5-4-6-10-25)27-15-19-37(20-16-27)33(41)38-21-17-29-28(22-38)36-30(39)23-42-29/h4-14,28-29H,15-23H2,1-3H3,(H,35,40)(H,36,39)/b8-7+/t28-,29+/m1/s1. The van der Waals surface area contributed by atoms with Gasteiger partial charge in [-0.2, -0.15) is 0 Å². The molecule has 3 aliphatic rings. The fourth-order valence-corrected chi connectivity index (χ4v) is 5.88. The van der Waals surface area contributed by atoms with Gasteiger partial charge in [0.15, 0.2) is 0 Å². The number of nitrogens with one attached hydrogen (secondary N) is 2. The first-order valence-corrected chi connectivity index (χ1v) is 15.1. The fourth-order valence-electron chi connectivity index (χ4n) is 5.88. The summed E-state index contributed by atoms with van der Waals surface area (Å²) >= 11 is 0. The summed E-state index contributed by atoms with van der Waals surface area (Å²) in [6, 6.07) is 18.8. The van der Waals surface area contributed by atoms with Gasteiger partial charge in [-0.05, 0) is 62.3 Å². The van der Waals surface area contributed by atoms with Gasteiger partial charge in [0.1, 0.15) is 12.2 Å². The maximum absolute atomic E-state index is 13.4. The number of nitrogens with zero attached hydrogens (tertiary/aromatic N) is 2. The summed E-state index contributed by atoms with van der Waals surface area (Å²) in [7, 11) is 0. The zero-order chi connectivity index (χ0) is 30.4. The fraction of sp³-hybridized carbons (Fsp3) is 0.441. The molecule has 3 fully saturated rings.